The number of imidazole rings is 1. The maximum absolute atomic E-state index is 6.18. The molecule has 1 N–H and O–H groups in total. The number of H-pyrrole nitrogens is 1. The molecule has 1 aliphatic rings. The van der Waals surface area contributed by atoms with Crippen molar-refractivity contribution in [2.45, 2.75) is 39.7 Å². The fraction of sp³-hybridized carbons (Fsp3) is 0.269. The summed E-state index contributed by atoms with van der Waals surface area (Å²) in [5, 5.41) is 14.4. The first-order chi connectivity index (χ1) is 16.6. The number of ether oxygens (including phenoxy) is 1. The fourth-order valence-corrected chi connectivity index (χ4v) is 5.02. The van der Waals surface area contributed by atoms with Gasteiger partial charge in [0, 0.05) is 29.7 Å². The van der Waals surface area contributed by atoms with Crippen molar-refractivity contribution < 1.29 is 4.74 Å². The van der Waals surface area contributed by atoms with Gasteiger partial charge in [0.05, 0.1) is 12.6 Å². The first-order valence-electron chi connectivity index (χ1n) is 11.6. The molecule has 1 unspecified atom stereocenters. The third-order valence-electron chi connectivity index (χ3n) is 6.53. The van der Waals surface area contributed by atoms with Crippen molar-refractivity contribution in [2.75, 3.05) is 6.61 Å². The summed E-state index contributed by atoms with van der Waals surface area (Å²) in [6, 6.07) is 16.8. The molecule has 0 saturated heterocycles. The number of pyridine rings is 1. The van der Waals surface area contributed by atoms with Crippen LogP contribution in [0.5, 0.6) is 5.75 Å². The number of hydrogen-bond donors (Lipinski definition) is 1. The summed E-state index contributed by atoms with van der Waals surface area (Å²) in [5.41, 5.74) is 8.33. The number of benzene rings is 2. The quantitative estimate of drug-likeness (QED) is 0.421. The van der Waals surface area contributed by atoms with E-state index in [1.54, 1.807) is 0 Å². The van der Waals surface area contributed by atoms with E-state index in [-0.39, 0.29) is 6.04 Å². The largest absolute Gasteiger partial charge is 0.493 e. The van der Waals surface area contributed by atoms with E-state index in [1.165, 1.54) is 0 Å². The number of aryl methyl sites for hydroxylation is 3. The molecular weight excluding hydrogens is 426 g/mol. The molecule has 34 heavy (non-hydrogen) atoms. The Kier molecular flexibility index (Phi) is 4.86. The van der Waals surface area contributed by atoms with Gasteiger partial charge in [-0.25, -0.2) is 15.1 Å². The molecule has 2 aromatic carbocycles. The van der Waals surface area contributed by atoms with Crippen molar-refractivity contribution >= 4 is 11.2 Å². The molecule has 8 nitrogen and oxygen atoms in total. The summed E-state index contributed by atoms with van der Waals surface area (Å²) in [4.78, 5) is 9.86. The smallest absolute Gasteiger partial charge is 0.180 e. The molecule has 170 valence electrons. The van der Waals surface area contributed by atoms with E-state index in [0.717, 1.165) is 69.1 Å². The van der Waals surface area contributed by atoms with Crippen molar-refractivity contribution in [3.63, 3.8) is 0 Å². The van der Waals surface area contributed by atoms with E-state index < -0.39 is 0 Å². The van der Waals surface area contributed by atoms with E-state index >= 15 is 0 Å². The third-order valence-corrected chi connectivity index (χ3v) is 6.53. The average molecular weight is 452 g/mol. The van der Waals surface area contributed by atoms with Gasteiger partial charge in [-0.1, -0.05) is 43.3 Å². The highest BCUT2D eigenvalue weighted by Gasteiger charge is 2.28. The topological polar surface area (TPSA) is 94.4 Å². The predicted molar refractivity (Wildman–Crippen MR) is 130 cm³/mol. The van der Waals surface area contributed by atoms with Gasteiger partial charge < -0.3 is 9.30 Å². The van der Waals surface area contributed by atoms with Gasteiger partial charge in [0.2, 0.25) is 0 Å². The normalized spacial score (nSPS) is 15.3. The lowest BCUT2D eigenvalue weighted by molar-refractivity contribution is 0.256. The van der Waals surface area contributed by atoms with Gasteiger partial charge in [0.1, 0.15) is 17.1 Å². The predicted octanol–water partition coefficient (Wildman–Crippen LogP) is 4.83. The zero-order valence-electron chi connectivity index (χ0n) is 19.4. The molecule has 4 heterocycles. The zero-order valence-corrected chi connectivity index (χ0v) is 19.4. The molecular formula is C26H25N7O. The van der Waals surface area contributed by atoms with E-state index in [4.69, 9.17) is 14.7 Å². The van der Waals surface area contributed by atoms with Crippen LogP contribution < -0.4 is 4.74 Å². The van der Waals surface area contributed by atoms with Gasteiger partial charge in [-0.05, 0) is 53.1 Å². The minimum Gasteiger partial charge on any atom is -0.493 e. The molecule has 1 aliphatic heterocycles. The Morgan fingerprint density at radius 1 is 1.06 bits per heavy atom. The summed E-state index contributed by atoms with van der Waals surface area (Å²) in [6.45, 7) is 6.95. The van der Waals surface area contributed by atoms with E-state index in [0.29, 0.717) is 12.4 Å². The summed E-state index contributed by atoms with van der Waals surface area (Å²) >= 11 is 0. The molecule has 1 atom stereocenters. The number of fused-ring (bicyclic) bond motifs is 2. The van der Waals surface area contributed by atoms with Crippen LogP contribution in [0.4, 0.5) is 0 Å². The third kappa shape index (κ3) is 3.25. The Labute approximate surface area is 197 Å². The van der Waals surface area contributed by atoms with Crippen LogP contribution in [0.1, 0.15) is 42.0 Å². The lowest BCUT2D eigenvalue weighted by atomic mass is 9.94. The molecule has 0 amide bonds. The lowest BCUT2D eigenvalue weighted by Gasteiger charge is -2.29. The van der Waals surface area contributed by atoms with Crippen LogP contribution in [0.3, 0.4) is 0 Å². The molecule has 0 aliphatic carbocycles. The highest BCUT2D eigenvalue weighted by Crippen LogP contribution is 2.41. The van der Waals surface area contributed by atoms with E-state index in [2.05, 4.69) is 69.4 Å². The standard InChI is InChI=1S/C26H25N7O/c1-4-23-28-24-15(2)13-16(3)27-26(24)33(23)21-11-12-34-22-14-17(9-10-20(21)22)18-7-5-6-8-19(18)25-29-31-32-30-25/h5-10,13-14,21H,4,11-12H2,1-3H3,(H,29,30,31,32). The van der Waals surface area contributed by atoms with Crippen molar-refractivity contribution in [2.24, 2.45) is 0 Å². The maximum Gasteiger partial charge on any atom is 0.180 e. The fourth-order valence-electron chi connectivity index (χ4n) is 5.02. The SMILES string of the molecule is CCc1nc2c(C)cc(C)nc2n1C1CCOc2cc(-c3ccccc3-c3nnn[nH]3)ccc21. The Morgan fingerprint density at radius 3 is 2.71 bits per heavy atom. The number of nitrogens with one attached hydrogen (secondary N) is 1. The van der Waals surface area contributed by atoms with Gasteiger partial charge in [-0.3, -0.25) is 0 Å². The Bertz CT molecular complexity index is 1500. The minimum absolute atomic E-state index is 0.125. The highest BCUT2D eigenvalue weighted by atomic mass is 16.5. The van der Waals surface area contributed by atoms with Crippen LogP contribution in [-0.2, 0) is 6.42 Å². The van der Waals surface area contributed by atoms with Crippen LogP contribution in [0.25, 0.3) is 33.7 Å². The molecule has 0 radical (unpaired) electrons. The molecule has 6 rings (SSSR count). The number of aromatic nitrogens is 7. The van der Waals surface area contributed by atoms with Crippen LogP contribution >= 0.6 is 0 Å². The van der Waals surface area contributed by atoms with Gasteiger partial charge in [-0.15, -0.1) is 5.10 Å². The molecule has 0 spiro atoms. The van der Waals surface area contributed by atoms with Gasteiger partial charge in [0.25, 0.3) is 0 Å². The van der Waals surface area contributed by atoms with Gasteiger partial charge >= 0.3 is 0 Å². The first-order valence-corrected chi connectivity index (χ1v) is 11.6. The van der Waals surface area contributed by atoms with Crippen molar-refractivity contribution in [3.8, 4) is 28.3 Å². The molecule has 0 bridgehead atoms. The van der Waals surface area contributed by atoms with Gasteiger partial charge in [0.15, 0.2) is 11.5 Å². The number of aromatic amines is 1. The second kappa shape index (κ2) is 8.06. The Balaban J connectivity index is 1.48. The van der Waals surface area contributed by atoms with Crippen molar-refractivity contribution in [1.29, 1.82) is 0 Å². The highest BCUT2D eigenvalue weighted by molar-refractivity contribution is 5.81. The molecule has 0 saturated carbocycles. The van der Waals surface area contributed by atoms with Gasteiger partial charge in [-0.2, -0.15) is 0 Å². The summed E-state index contributed by atoms with van der Waals surface area (Å²) in [5.74, 6) is 2.59. The van der Waals surface area contributed by atoms with Crippen LogP contribution in [0, 0.1) is 13.8 Å². The monoisotopic (exact) mass is 451 g/mol. The maximum atomic E-state index is 6.18. The number of rotatable bonds is 4. The second-order valence-electron chi connectivity index (χ2n) is 8.71. The number of nitrogens with zero attached hydrogens (tertiary/aromatic N) is 6. The van der Waals surface area contributed by atoms with Crippen molar-refractivity contribution in [3.05, 3.63) is 71.2 Å². The van der Waals surface area contributed by atoms with E-state index in [9.17, 15) is 0 Å². The number of hydrogen-bond acceptors (Lipinski definition) is 6. The molecule has 0 fully saturated rings. The molecule has 3 aromatic heterocycles. The molecule has 5 aromatic rings. The van der Waals surface area contributed by atoms with E-state index in [1.807, 2.05) is 25.1 Å². The second-order valence-corrected chi connectivity index (χ2v) is 8.71. The van der Waals surface area contributed by atoms with Crippen LogP contribution in [-0.4, -0.2) is 41.8 Å². The number of tetrazole rings is 1. The Hall–Kier alpha value is -4.07. The summed E-state index contributed by atoms with van der Waals surface area (Å²) < 4.78 is 8.50. The zero-order chi connectivity index (χ0) is 23.2. The summed E-state index contributed by atoms with van der Waals surface area (Å²) in [6.07, 6.45) is 1.72. The Morgan fingerprint density at radius 2 is 1.91 bits per heavy atom. The van der Waals surface area contributed by atoms with Crippen LogP contribution in [0.15, 0.2) is 48.5 Å². The van der Waals surface area contributed by atoms with Crippen molar-refractivity contribution in [1.82, 2.24) is 35.2 Å². The first kappa shape index (κ1) is 20.5. The van der Waals surface area contributed by atoms with Crippen LogP contribution in [0.2, 0.25) is 0 Å². The average Bonchev–Trinajstić information content (AvgIpc) is 3.52. The minimum atomic E-state index is 0.125. The molecule has 8 heteroatoms. The summed E-state index contributed by atoms with van der Waals surface area (Å²) in [7, 11) is 0. The lowest BCUT2D eigenvalue weighted by Crippen LogP contribution is -2.22.